The van der Waals surface area contributed by atoms with Gasteiger partial charge >= 0.3 is 0 Å². The summed E-state index contributed by atoms with van der Waals surface area (Å²) in [6.45, 7) is 5.13. The molecule has 0 saturated carbocycles. The zero-order chi connectivity index (χ0) is 13.0. The number of rotatable bonds is 4. The minimum absolute atomic E-state index is 0.0140. The summed E-state index contributed by atoms with van der Waals surface area (Å²) in [5.41, 5.74) is 1.03. The van der Waals surface area contributed by atoms with Crippen molar-refractivity contribution in [2.24, 2.45) is 0 Å². The third kappa shape index (κ3) is 2.94. The minimum atomic E-state index is -0.0140. The Hall–Kier alpha value is -1.71. The van der Waals surface area contributed by atoms with E-state index in [-0.39, 0.29) is 11.9 Å². The number of hydrogen-bond donors (Lipinski definition) is 1. The smallest absolute Gasteiger partial charge is 0.220 e. The number of nitrogens with one attached hydrogen (secondary N) is 1. The highest BCUT2D eigenvalue weighted by Crippen LogP contribution is 2.32. The van der Waals surface area contributed by atoms with E-state index in [9.17, 15) is 4.79 Å². The van der Waals surface area contributed by atoms with Crippen LogP contribution in [0.15, 0.2) is 18.2 Å². The molecule has 1 amide bonds. The summed E-state index contributed by atoms with van der Waals surface area (Å²) >= 11 is 0. The Morgan fingerprint density at radius 3 is 2.78 bits per heavy atom. The third-order valence-electron chi connectivity index (χ3n) is 2.92. The number of ether oxygens (including phenoxy) is 2. The minimum Gasteiger partial charge on any atom is -0.486 e. The Bertz CT molecular complexity index is 431. The molecule has 0 bridgehead atoms. The van der Waals surface area contributed by atoms with Gasteiger partial charge in [-0.2, -0.15) is 0 Å². The van der Waals surface area contributed by atoms with Crippen LogP contribution in [0.2, 0.25) is 0 Å². The molecule has 2 rings (SSSR count). The first-order valence-corrected chi connectivity index (χ1v) is 6.39. The fourth-order valence-electron chi connectivity index (χ4n) is 1.95. The molecule has 0 radical (unpaired) electrons. The van der Waals surface area contributed by atoms with Crippen molar-refractivity contribution in [1.82, 2.24) is 5.32 Å². The summed E-state index contributed by atoms with van der Waals surface area (Å²) in [5.74, 6) is 1.62. The maximum absolute atomic E-state index is 11.5. The molecule has 0 fully saturated rings. The second kappa shape index (κ2) is 5.76. The van der Waals surface area contributed by atoms with E-state index >= 15 is 0 Å². The number of amides is 1. The van der Waals surface area contributed by atoms with Gasteiger partial charge in [0.2, 0.25) is 5.91 Å². The van der Waals surface area contributed by atoms with E-state index in [1.807, 2.05) is 32.0 Å². The highest BCUT2D eigenvalue weighted by Gasteiger charge is 2.15. The molecule has 0 unspecified atom stereocenters. The third-order valence-corrected chi connectivity index (χ3v) is 2.92. The van der Waals surface area contributed by atoms with Gasteiger partial charge in [0.1, 0.15) is 13.2 Å². The molecule has 0 saturated heterocycles. The van der Waals surface area contributed by atoms with Crippen molar-refractivity contribution >= 4 is 5.91 Å². The summed E-state index contributed by atoms with van der Waals surface area (Å²) < 4.78 is 11.0. The van der Waals surface area contributed by atoms with Gasteiger partial charge in [0.05, 0.1) is 6.04 Å². The molecular weight excluding hydrogens is 230 g/mol. The average molecular weight is 249 g/mol. The largest absolute Gasteiger partial charge is 0.486 e. The van der Waals surface area contributed by atoms with Crippen molar-refractivity contribution in [1.29, 1.82) is 0 Å². The van der Waals surface area contributed by atoms with E-state index in [0.29, 0.717) is 19.6 Å². The first kappa shape index (κ1) is 12.7. The van der Waals surface area contributed by atoms with Crippen molar-refractivity contribution in [2.75, 3.05) is 13.2 Å². The quantitative estimate of drug-likeness (QED) is 0.891. The number of benzene rings is 1. The SMILES string of the molecule is CCCC(=O)N[C@H](C)c1ccc2c(c1)OCCO2. The molecule has 18 heavy (non-hydrogen) atoms. The zero-order valence-corrected chi connectivity index (χ0v) is 10.9. The van der Waals surface area contributed by atoms with Gasteiger partial charge < -0.3 is 14.8 Å². The summed E-state index contributed by atoms with van der Waals surface area (Å²) in [6, 6.07) is 5.78. The molecule has 4 nitrogen and oxygen atoms in total. The highest BCUT2D eigenvalue weighted by atomic mass is 16.6. The standard InChI is InChI=1S/C14H19NO3/c1-3-4-14(16)15-10(2)11-5-6-12-13(9-11)18-8-7-17-12/h5-6,9-10H,3-4,7-8H2,1-2H3,(H,15,16)/t10-/m1/s1. The summed E-state index contributed by atoms with van der Waals surface area (Å²) in [5, 5.41) is 2.97. The van der Waals surface area contributed by atoms with Crippen molar-refractivity contribution in [3.63, 3.8) is 0 Å². The van der Waals surface area contributed by atoms with Crippen LogP contribution in [0.4, 0.5) is 0 Å². The van der Waals surface area contributed by atoms with E-state index in [2.05, 4.69) is 5.32 Å². The molecule has 1 aliphatic heterocycles. The van der Waals surface area contributed by atoms with Gasteiger partial charge in [-0.25, -0.2) is 0 Å². The topological polar surface area (TPSA) is 47.6 Å². The van der Waals surface area contributed by atoms with E-state index in [1.54, 1.807) is 0 Å². The normalized spacial score (nSPS) is 15.0. The first-order valence-electron chi connectivity index (χ1n) is 6.39. The van der Waals surface area contributed by atoms with Crippen molar-refractivity contribution in [2.45, 2.75) is 32.7 Å². The second-order valence-corrected chi connectivity index (χ2v) is 4.44. The monoisotopic (exact) mass is 249 g/mol. The first-order chi connectivity index (χ1) is 8.70. The van der Waals surface area contributed by atoms with Crippen LogP contribution in [0.5, 0.6) is 11.5 Å². The molecule has 1 aliphatic rings. The fraction of sp³-hybridized carbons (Fsp3) is 0.500. The maximum atomic E-state index is 11.5. The van der Waals surface area contributed by atoms with Gasteiger partial charge in [-0.1, -0.05) is 13.0 Å². The summed E-state index contributed by atoms with van der Waals surface area (Å²) in [6.07, 6.45) is 1.43. The van der Waals surface area contributed by atoms with Gasteiger partial charge in [-0.05, 0) is 31.0 Å². The van der Waals surface area contributed by atoms with Crippen molar-refractivity contribution in [3.8, 4) is 11.5 Å². The van der Waals surface area contributed by atoms with E-state index in [1.165, 1.54) is 0 Å². The lowest BCUT2D eigenvalue weighted by Crippen LogP contribution is -2.26. The number of carbonyl (C=O) groups excluding carboxylic acids is 1. The molecule has 1 aromatic carbocycles. The van der Waals surface area contributed by atoms with Gasteiger partial charge in [0.25, 0.3) is 0 Å². The molecule has 98 valence electrons. The molecule has 1 heterocycles. The number of carbonyl (C=O) groups is 1. The summed E-state index contributed by atoms with van der Waals surface area (Å²) in [4.78, 5) is 11.5. The van der Waals surface area contributed by atoms with Crippen LogP contribution in [-0.4, -0.2) is 19.1 Å². The summed E-state index contributed by atoms with van der Waals surface area (Å²) in [7, 11) is 0. The fourth-order valence-corrected chi connectivity index (χ4v) is 1.95. The molecule has 4 heteroatoms. The van der Waals surface area contributed by atoms with Crippen LogP contribution < -0.4 is 14.8 Å². The molecule has 1 aromatic rings. The molecule has 1 N–H and O–H groups in total. The molecule has 1 atom stereocenters. The van der Waals surface area contributed by atoms with Crippen LogP contribution in [-0.2, 0) is 4.79 Å². The molecule has 0 aliphatic carbocycles. The average Bonchev–Trinajstić information content (AvgIpc) is 2.38. The molecule has 0 aromatic heterocycles. The Labute approximate surface area is 107 Å². The van der Waals surface area contributed by atoms with Crippen LogP contribution in [0.25, 0.3) is 0 Å². The predicted octanol–water partition coefficient (Wildman–Crippen LogP) is 2.44. The Kier molecular flexibility index (Phi) is 4.07. The molecular formula is C14H19NO3. The lowest BCUT2D eigenvalue weighted by molar-refractivity contribution is -0.121. The van der Waals surface area contributed by atoms with E-state index in [0.717, 1.165) is 23.5 Å². The Morgan fingerprint density at radius 2 is 2.06 bits per heavy atom. The van der Waals surface area contributed by atoms with Gasteiger partial charge in [0, 0.05) is 6.42 Å². The van der Waals surface area contributed by atoms with E-state index < -0.39 is 0 Å². The van der Waals surface area contributed by atoms with Gasteiger partial charge in [-0.15, -0.1) is 0 Å². The Morgan fingerprint density at radius 1 is 1.33 bits per heavy atom. The zero-order valence-electron chi connectivity index (χ0n) is 10.9. The number of fused-ring (bicyclic) bond motifs is 1. The van der Waals surface area contributed by atoms with Crippen molar-refractivity contribution < 1.29 is 14.3 Å². The van der Waals surface area contributed by atoms with Crippen molar-refractivity contribution in [3.05, 3.63) is 23.8 Å². The van der Waals surface area contributed by atoms with Crippen LogP contribution >= 0.6 is 0 Å². The lowest BCUT2D eigenvalue weighted by Gasteiger charge is -2.21. The molecule has 0 spiro atoms. The van der Waals surface area contributed by atoms with Crippen LogP contribution in [0.3, 0.4) is 0 Å². The second-order valence-electron chi connectivity index (χ2n) is 4.44. The maximum Gasteiger partial charge on any atom is 0.220 e. The van der Waals surface area contributed by atoms with Gasteiger partial charge in [-0.3, -0.25) is 4.79 Å². The van der Waals surface area contributed by atoms with Crippen LogP contribution in [0.1, 0.15) is 38.3 Å². The van der Waals surface area contributed by atoms with E-state index in [4.69, 9.17) is 9.47 Å². The Balaban J connectivity index is 2.06. The predicted molar refractivity (Wildman–Crippen MR) is 68.9 cm³/mol. The highest BCUT2D eigenvalue weighted by molar-refractivity contribution is 5.76. The number of hydrogen-bond acceptors (Lipinski definition) is 3. The van der Waals surface area contributed by atoms with Gasteiger partial charge in [0.15, 0.2) is 11.5 Å². The lowest BCUT2D eigenvalue weighted by atomic mass is 10.1. The van der Waals surface area contributed by atoms with Crippen LogP contribution in [0, 0.1) is 0 Å².